The Hall–Kier alpha value is -4.45. The summed E-state index contributed by atoms with van der Waals surface area (Å²) in [6, 6.07) is 14.6. The zero-order valence-electron chi connectivity index (χ0n) is 20.7. The number of carbonyl (C=O) groups excluding carboxylic acids is 3. The highest BCUT2D eigenvalue weighted by molar-refractivity contribution is 5.89. The van der Waals surface area contributed by atoms with Crippen molar-refractivity contribution in [2.24, 2.45) is 0 Å². The Balaban J connectivity index is 0.000000830. The molecule has 0 aliphatic heterocycles. The molecule has 0 spiro atoms. The highest BCUT2D eigenvalue weighted by Gasteiger charge is 2.14. The van der Waals surface area contributed by atoms with Crippen LogP contribution in [0.4, 0.5) is 0 Å². The molecule has 0 saturated heterocycles. The van der Waals surface area contributed by atoms with Crippen molar-refractivity contribution in [1.29, 1.82) is 0 Å². The summed E-state index contributed by atoms with van der Waals surface area (Å²) in [5.41, 5.74) is 3.93. The highest BCUT2D eigenvalue weighted by atomic mass is 16.5. The van der Waals surface area contributed by atoms with Gasteiger partial charge < -0.3 is 14.2 Å². The molecule has 0 fully saturated rings. The highest BCUT2D eigenvalue weighted by Crippen LogP contribution is 2.24. The Morgan fingerprint density at radius 1 is 0.972 bits per heavy atom. The molecule has 186 valence electrons. The smallest absolute Gasteiger partial charge is 0.336 e. The van der Waals surface area contributed by atoms with Crippen molar-refractivity contribution in [3.05, 3.63) is 108 Å². The topological polar surface area (TPSA) is 78.9 Å². The Morgan fingerprint density at radius 2 is 1.58 bits per heavy atom. The summed E-state index contributed by atoms with van der Waals surface area (Å²) in [4.78, 5) is 33.0. The van der Waals surface area contributed by atoms with Gasteiger partial charge in [0.15, 0.2) is 0 Å². The van der Waals surface area contributed by atoms with Gasteiger partial charge >= 0.3 is 11.9 Å². The van der Waals surface area contributed by atoms with Crippen molar-refractivity contribution in [2.45, 2.75) is 26.4 Å². The van der Waals surface area contributed by atoms with Crippen LogP contribution in [0.15, 0.2) is 97.1 Å². The molecular weight excluding hydrogens is 456 g/mol. The molecule has 3 rings (SSSR count). The van der Waals surface area contributed by atoms with Crippen molar-refractivity contribution in [2.75, 3.05) is 7.11 Å². The van der Waals surface area contributed by atoms with Gasteiger partial charge in [-0.05, 0) is 72.5 Å². The van der Waals surface area contributed by atoms with Crippen LogP contribution in [0.2, 0.25) is 0 Å². The molecular formula is C30H30O6. The predicted octanol–water partition coefficient (Wildman–Crippen LogP) is 5.91. The van der Waals surface area contributed by atoms with Crippen LogP contribution in [-0.4, -0.2) is 31.4 Å². The van der Waals surface area contributed by atoms with Gasteiger partial charge in [0.05, 0.1) is 7.11 Å². The standard InChI is InChI=1S/C26H24O5.C4H6O/c1-18(2)26(28)31-24-11-9-21(10-12-24)20-7-4-19(5-8-20)6-17-25(27)30-23-15-13-22(29-3)14-16-23;1-4(2)3-5/h4-11,13-17,24H,1,12H2,2-3H3;3H,1H2,2H3/b17-6-;. The molecule has 0 aromatic heterocycles. The molecule has 6 heteroatoms. The van der Waals surface area contributed by atoms with Crippen LogP contribution >= 0.6 is 0 Å². The van der Waals surface area contributed by atoms with Crippen LogP contribution < -0.4 is 9.47 Å². The number of esters is 2. The maximum atomic E-state index is 12.0. The lowest BCUT2D eigenvalue weighted by molar-refractivity contribution is -0.142. The average molecular weight is 487 g/mol. The lowest BCUT2D eigenvalue weighted by atomic mass is 9.97. The summed E-state index contributed by atoms with van der Waals surface area (Å²) in [5, 5.41) is 0. The second-order valence-electron chi connectivity index (χ2n) is 7.99. The molecule has 1 aliphatic carbocycles. The minimum Gasteiger partial charge on any atom is -0.497 e. The van der Waals surface area contributed by atoms with E-state index in [2.05, 4.69) is 13.2 Å². The molecule has 0 heterocycles. The minimum atomic E-state index is -0.456. The number of methoxy groups -OCH3 is 1. The third kappa shape index (κ3) is 9.43. The summed E-state index contributed by atoms with van der Waals surface area (Å²) in [6.45, 7) is 10.2. The normalized spacial score (nSPS) is 14.1. The third-order valence-corrected chi connectivity index (χ3v) is 4.80. The van der Waals surface area contributed by atoms with Crippen LogP contribution in [0.3, 0.4) is 0 Å². The van der Waals surface area contributed by atoms with Gasteiger partial charge in [0.1, 0.15) is 23.9 Å². The SMILES string of the molecule is C=C(C)C(=O)OC1C=CC(c2ccc(/C=C\C(=O)Oc3ccc(OC)cc3)cc2)=CC1.C=C(C)C=O. The van der Waals surface area contributed by atoms with Crippen LogP contribution in [0, 0.1) is 0 Å². The number of hydrogen-bond donors (Lipinski definition) is 0. The first-order valence-electron chi connectivity index (χ1n) is 11.2. The number of ether oxygens (including phenoxy) is 3. The van der Waals surface area contributed by atoms with Crippen LogP contribution in [0.25, 0.3) is 11.6 Å². The van der Waals surface area contributed by atoms with Gasteiger partial charge in [0, 0.05) is 18.1 Å². The molecule has 2 aromatic rings. The van der Waals surface area contributed by atoms with Crippen LogP contribution in [-0.2, 0) is 19.1 Å². The van der Waals surface area contributed by atoms with Gasteiger partial charge in [-0.1, -0.05) is 49.6 Å². The molecule has 6 nitrogen and oxygen atoms in total. The van der Waals surface area contributed by atoms with Crippen LogP contribution in [0.1, 0.15) is 31.4 Å². The zero-order chi connectivity index (χ0) is 26.5. The molecule has 1 unspecified atom stereocenters. The van der Waals surface area contributed by atoms with Gasteiger partial charge in [-0.15, -0.1) is 0 Å². The first kappa shape index (κ1) is 27.8. The van der Waals surface area contributed by atoms with E-state index in [4.69, 9.17) is 14.2 Å². The summed E-state index contributed by atoms with van der Waals surface area (Å²) in [5.74, 6) is 0.312. The summed E-state index contributed by atoms with van der Waals surface area (Å²) in [6.07, 6.45) is 10.0. The van der Waals surface area contributed by atoms with E-state index < -0.39 is 5.97 Å². The Labute approximate surface area is 211 Å². The molecule has 0 bridgehead atoms. The van der Waals surface area contributed by atoms with Gasteiger partial charge in [0.25, 0.3) is 0 Å². The monoisotopic (exact) mass is 486 g/mol. The van der Waals surface area contributed by atoms with E-state index in [1.54, 1.807) is 51.3 Å². The van der Waals surface area contributed by atoms with Crippen molar-refractivity contribution >= 4 is 29.9 Å². The molecule has 36 heavy (non-hydrogen) atoms. The van der Waals surface area contributed by atoms with Crippen molar-refractivity contribution in [3.63, 3.8) is 0 Å². The maximum absolute atomic E-state index is 12.0. The lowest BCUT2D eigenvalue weighted by Gasteiger charge is -2.17. The molecule has 0 radical (unpaired) electrons. The predicted molar refractivity (Wildman–Crippen MR) is 141 cm³/mol. The average Bonchev–Trinajstić information content (AvgIpc) is 2.89. The summed E-state index contributed by atoms with van der Waals surface area (Å²) < 4.78 is 15.7. The Bertz CT molecular complexity index is 1180. The van der Waals surface area contributed by atoms with E-state index in [0.717, 1.165) is 23.0 Å². The van der Waals surface area contributed by atoms with E-state index in [9.17, 15) is 14.4 Å². The van der Waals surface area contributed by atoms with E-state index in [1.165, 1.54) is 6.08 Å². The van der Waals surface area contributed by atoms with E-state index in [1.807, 2.05) is 42.5 Å². The fourth-order valence-corrected chi connectivity index (χ4v) is 2.89. The zero-order valence-corrected chi connectivity index (χ0v) is 20.7. The first-order chi connectivity index (χ1) is 17.2. The number of benzene rings is 2. The fraction of sp³-hybridized carbons (Fsp3) is 0.167. The number of carbonyl (C=O) groups is 3. The molecule has 0 amide bonds. The number of rotatable bonds is 8. The van der Waals surface area contributed by atoms with E-state index in [0.29, 0.717) is 29.1 Å². The third-order valence-electron chi connectivity index (χ3n) is 4.80. The second-order valence-corrected chi connectivity index (χ2v) is 7.99. The van der Waals surface area contributed by atoms with Gasteiger partial charge in [-0.3, -0.25) is 4.79 Å². The Kier molecular flexibility index (Phi) is 10.9. The number of hydrogen-bond acceptors (Lipinski definition) is 6. The summed E-state index contributed by atoms with van der Waals surface area (Å²) >= 11 is 0. The Morgan fingerprint density at radius 3 is 2.08 bits per heavy atom. The molecule has 1 atom stereocenters. The molecule has 0 N–H and O–H groups in total. The first-order valence-corrected chi connectivity index (χ1v) is 11.2. The summed E-state index contributed by atoms with van der Waals surface area (Å²) in [7, 11) is 1.58. The van der Waals surface area contributed by atoms with Crippen molar-refractivity contribution in [3.8, 4) is 11.5 Å². The second kappa shape index (κ2) is 14.1. The quantitative estimate of drug-likeness (QED) is 0.200. The number of aldehydes is 1. The molecule has 1 aliphatic rings. The van der Waals surface area contributed by atoms with Crippen LogP contribution in [0.5, 0.6) is 11.5 Å². The van der Waals surface area contributed by atoms with Gasteiger partial charge in [-0.2, -0.15) is 0 Å². The van der Waals surface area contributed by atoms with E-state index in [-0.39, 0.29) is 12.1 Å². The maximum Gasteiger partial charge on any atom is 0.336 e. The molecule has 2 aromatic carbocycles. The lowest BCUT2D eigenvalue weighted by Crippen LogP contribution is -2.17. The van der Waals surface area contributed by atoms with Crippen molar-refractivity contribution in [1.82, 2.24) is 0 Å². The number of allylic oxidation sites excluding steroid dienone is 3. The van der Waals surface area contributed by atoms with Gasteiger partial charge in [-0.25, -0.2) is 9.59 Å². The largest absolute Gasteiger partial charge is 0.497 e. The minimum absolute atomic E-state index is 0.271. The van der Waals surface area contributed by atoms with Crippen molar-refractivity contribution < 1.29 is 28.6 Å². The molecule has 0 saturated carbocycles. The van der Waals surface area contributed by atoms with E-state index >= 15 is 0 Å². The fourth-order valence-electron chi connectivity index (χ4n) is 2.89. The van der Waals surface area contributed by atoms with Gasteiger partial charge in [0.2, 0.25) is 0 Å².